The van der Waals surface area contributed by atoms with Crippen LogP contribution in [0.15, 0.2) is 41.5 Å². The van der Waals surface area contributed by atoms with E-state index in [0.29, 0.717) is 20.6 Å². The first-order valence-corrected chi connectivity index (χ1v) is 7.87. The molecule has 2 aromatic rings. The topological polar surface area (TPSA) is 53.5 Å². The van der Waals surface area contributed by atoms with Gasteiger partial charge in [-0.2, -0.15) is 5.10 Å². The molecule has 7 heteroatoms. The van der Waals surface area contributed by atoms with Crippen LogP contribution < -0.4 is 10.7 Å². The molecule has 0 aliphatic heterocycles. The average molecular weight is 371 g/mol. The Kier molecular flexibility index (Phi) is 6.28. The second kappa shape index (κ2) is 8.20. The van der Waals surface area contributed by atoms with Gasteiger partial charge < -0.3 is 5.32 Å². The van der Waals surface area contributed by atoms with Gasteiger partial charge in [-0.25, -0.2) is 5.43 Å². The lowest BCUT2D eigenvalue weighted by Gasteiger charge is -2.09. The van der Waals surface area contributed by atoms with E-state index in [4.69, 9.17) is 34.8 Å². The standard InChI is InChI=1S/C16H14Cl3N3O/c1-10-12(17)4-3-7-15(10)20-9-16(23)22-21-8-11-13(18)5-2-6-14(11)19/h2-8,20H,9H2,1H3,(H,22,23)/b21-8+. The summed E-state index contributed by atoms with van der Waals surface area (Å²) < 4.78 is 0. The number of nitrogens with one attached hydrogen (secondary N) is 2. The average Bonchev–Trinajstić information content (AvgIpc) is 2.51. The maximum atomic E-state index is 11.8. The molecule has 0 radical (unpaired) electrons. The second-order valence-corrected chi connectivity index (χ2v) is 5.92. The summed E-state index contributed by atoms with van der Waals surface area (Å²) in [6.07, 6.45) is 1.41. The van der Waals surface area contributed by atoms with Gasteiger partial charge in [0.1, 0.15) is 0 Å². The van der Waals surface area contributed by atoms with E-state index in [2.05, 4.69) is 15.8 Å². The first-order chi connectivity index (χ1) is 11.0. The van der Waals surface area contributed by atoms with Crippen molar-refractivity contribution >= 4 is 52.6 Å². The zero-order valence-corrected chi connectivity index (χ0v) is 14.5. The molecule has 0 heterocycles. The molecule has 0 fully saturated rings. The lowest BCUT2D eigenvalue weighted by molar-refractivity contribution is -0.119. The van der Waals surface area contributed by atoms with E-state index in [1.807, 2.05) is 19.1 Å². The number of hydrazone groups is 1. The number of hydrogen-bond donors (Lipinski definition) is 2. The summed E-state index contributed by atoms with van der Waals surface area (Å²) in [5, 5.41) is 8.42. The first-order valence-electron chi connectivity index (χ1n) is 6.74. The summed E-state index contributed by atoms with van der Waals surface area (Å²) in [5.74, 6) is -0.302. The Morgan fingerprint density at radius 2 is 1.70 bits per heavy atom. The van der Waals surface area contributed by atoms with Crippen LogP contribution in [0.4, 0.5) is 5.69 Å². The number of carbonyl (C=O) groups is 1. The van der Waals surface area contributed by atoms with Crippen LogP contribution in [0, 0.1) is 6.92 Å². The van der Waals surface area contributed by atoms with E-state index >= 15 is 0 Å². The summed E-state index contributed by atoms with van der Waals surface area (Å²) in [6, 6.07) is 10.6. The quantitative estimate of drug-likeness (QED) is 0.600. The van der Waals surface area contributed by atoms with Crippen LogP contribution >= 0.6 is 34.8 Å². The predicted octanol–water partition coefficient (Wildman–Crippen LogP) is 4.52. The minimum Gasteiger partial charge on any atom is -0.376 e. The molecular weight excluding hydrogens is 357 g/mol. The summed E-state index contributed by atoms with van der Waals surface area (Å²) in [7, 11) is 0. The molecule has 0 saturated heterocycles. The van der Waals surface area contributed by atoms with Crippen LogP contribution in [0.5, 0.6) is 0 Å². The molecule has 4 nitrogen and oxygen atoms in total. The zero-order chi connectivity index (χ0) is 16.8. The monoisotopic (exact) mass is 369 g/mol. The van der Waals surface area contributed by atoms with Gasteiger partial charge in [0.25, 0.3) is 5.91 Å². The van der Waals surface area contributed by atoms with Gasteiger partial charge in [-0.05, 0) is 36.8 Å². The van der Waals surface area contributed by atoms with E-state index in [0.717, 1.165) is 11.3 Å². The maximum Gasteiger partial charge on any atom is 0.259 e. The first kappa shape index (κ1) is 17.6. The lowest BCUT2D eigenvalue weighted by atomic mass is 10.2. The van der Waals surface area contributed by atoms with Gasteiger partial charge in [-0.3, -0.25) is 4.79 Å². The molecule has 2 aromatic carbocycles. The SMILES string of the molecule is Cc1c(Cl)cccc1NCC(=O)N/N=C/c1c(Cl)cccc1Cl. The van der Waals surface area contributed by atoms with Crippen molar-refractivity contribution in [2.24, 2.45) is 5.10 Å². The Hall–Kier alpha value is -1.75. The third-order valence-electron chi connectivity index (χ3n) is 3.09. The van der Waals surface area contributed by atoms with Crippen LogP contribution in [0.1, 0.15) is 11.1 Å². The molecule has 0 aliphatic rings. The highest BCUT2D eigenvalue weighted by molar-refractivity contribution is 6.38. The highest BCUT2D eigenvalue weighted by Gasteiger charge is 2.05. The highest BCUT2D eigenvalue weighted by Crippen LogP contribution is 2.23. The minimum atomic E-state index is -0.302. The third-order valence-corrected chi connectivity index (χ3v) is 4.16. The number of rotatable bonds is 5. The van der Waals surface area contributed by atoms with Crippen molar-refractivity contribution in [2.75, 3.05) is 11.9 Å². The molecular formula is C16H14Cl3N3O. The van der Waals surface area contributed by atoms with Crippen LogP contribution in [-0.2, 0) is 4.79 Å². The Bertz CT molecular complexity index is 727. The zero-order valence-electron chi connectivity index (χ0n) is 12.2. The molecule has 23 heavy (non-hydrogen) atoms. The number of hydrogen-bond acceptors (Lipinski definition) is 3. The highest BCUT2D eigenvalue weighted by atomic mass is 35.5. The van der Waals surface area contributed by atoms with Crippen molar-refractivity contribution in [2.45, 2.75) is 6.92 Å². The van der Waals surface area contributed by atoms with Crippen LogP contribution in [0.3, 0.4) is 0 Å². The molecule has 120 valence electrons. The predicted molar refractivity (Wildman–Crippen MR) is 96.9 cm³/mol. The van der Waals surface area contributed by atoms with Gasteiger partial charge in [0.2, 0.25) is 0 Å². The summed E-state index contributed by atoms with van der Waals surface area (Å²) in [4.78, 5) is 11.8. The number of carbonyl (C=O) groups excluding carboxylic acids is 1. The molecule has 0 saturated carbocycles. The van der Waals surface area contributed by atoms with Crippen molar-refractivity contribution in [3.05, 3.63) is 62.6 Å². The number of halogens is 3. The van der Waals surface area contributed by atoms with Crippen LogP contribution in [-0.4, -0.2) is 18.7 Å². The van der Waals surface area contributed by atoms with Gasteiger partial charge >= 0.3 is 0 Å². The molecule has 0 atom stereocenters. The summed E-state index contributed by atoms with van der Waals surface area (Å²) in [5.41, 5.74) is 4.64. The molecule has 0 spiro atoms. The molecule has 0 unspecified atom stereocenters. The molecule has 1 amide bonds. The smallest absolute Gasteiger partial charge is 0.259 e. The minimum absolute atomic E-state index is 0.0643. The fourth-order valence-electron chi connectivity index (χ4n) is 1.82. The second-order valence-electron chi connectivity index (χ2n) is 4.69. The maximum absolute atomic E-state index is 11.8. The van der Waals surface area contributed by atoms with Gasteiger partial charge in [-0.1, -0.05) is 46.9 Å². The fraction of sp³-hybridized carbons (Fsp3) is 0.125. The van der Waals surface area contributed by atoms with Crippen LogP contribution in [0.2, 0.25) is 15.1 Å². The van der Waals surface area contributed by atoms with E-state index in [1.54, 1.807) is 24.3 Å². The van der Waals surface area contributed by atoms with E-state index in [9.17, 15) is 4.79 Å². The largest absolute Gasteiger partial charge is 0.376 e. The fourth-order valence-corrected chi connectivity index (χ4v) is 2.49. The van der Waals surface area contributed by atoms with E-state index in [1.165, 1.54) is 6.21 Å². The molecule has 0 aromatic heterocycles. The third kappa shape index (κ3) is 4.86. The van der Waals surface area contributed by atoms with Crippen molar-refractivity contribution in [3.63, 3.8) is 0 Å². The number of amides is 1. The molecule has 0 bridgehead atoms. The number of benzene rings is 2. The molecule has 2 rings (SSSR count). The van der Waals surface area contributed by atoms with E-state index in [-0.39, 0.29) is 12.5 Å². The Morgan fingerprint density at radius 3 is 2.39 bits per heavy atom. The van der Waals surface area contributed by atoms with Crippen molar-refractivity contribution < 1.29 is 4.79 Å². The van der Waals surface area contributed by atoms with Crippen molar-refractivity contribution in [1.29, 1.82) is 0 Å². The van der Waals surface area contributed by atoms with Gasteiger partial charge in [0.05, 0.1) is 22.8 Å². The van der Waals surface area contributed by atoms with Gasteiger partial charge in [0, 0.05) is 16.3 Å². The van der Waals surface area contributed by atoms with Crippen LogP contribution in [0.25, 0.3) is 0 Å². The van der Waals surface area contributed by atoms with E-state index < -0.39 is 0 Å². The van der Waals surface area contributed by atoms with Gasteiger partial charge in [0.15, 0.2) is 0 Å². The Balaban J connectivity index is 1.90. The Morgan fingerprint density at radius 1 is 1.09 bits per heavy atom. The van der Waals surface area contributed by atoms with Crippen molar-refractivity contribution in [3.8, 4) is 0 Å². The normalized spacial score (nSPS) is 10.8. The van der Waals surface area contributed by atoms with Crippen molar-refractivity contribution in [1.82, 2.24) is 5.43 Å². The summed E-state index contributed by atoms with van der Waals surface area (Å²) in [6.45, 7) is 1.94. The number of nitrogens with zero attached hydrogens (tertiary/aromatic N) is 1. The summed E-state index contributed by atoms with van der Waals surface area (Å²) >= 11 is 18.0. The Labute approximate surface area is 149 Å². The molecule has 0 aliphatic carbocycles. The van der Waals surface area contributed by atoms with Gasteiger partial charge in [-0.15, -0.1) is 0 Å². The number of anilines is 1. The lowest BCUT2D eigenvalue weighted by Crippen LogP contribution is -2.26. The molecule has 2 N–H and O–H groups in total.